The van der Waals surface area contributed by atoms with Crippen LogP contribution in [-0.2, 0) is 26.1 Å². The molecule has 0 amide bonds. The second-order valence-corrected chi connectivity index (χ2v) is 6.08. The van der Waals surface area contributed by atoms with Crippen molar-refractivity contribution in [2.75, 3.05) is 13.1 Å². The Bertz CT molecular complexity index is 666. The van der Waals surface area contributed by atoms with Crippen LogP contribution < -0.4 is 5.69 Å². The average molecular weight is 288 g/mol. The lowest BCUT2D eigenvalue weighted by Crippen LogP contribution is -2.30. The van der Waals surface area contributed by atoms with Crippen LogP contribution in [0.5, 0.6) is 0 Å². The molecule has 0 aromatic carbocycles. The van der Waals surface area contributed by atoms with Gasteiger partial charge in [0.15, 0.2) is 0 Å². The van der Waals surface area contributed by atoms with Crippen molar-refractivity contribution in [3.05, 3.63) is 40.5 Å². The van der Waals surface area contributed by atoms with Gasteiger partial charge in [-0.1, -0.05) is 0 Å². The molecule has 21 heavy (non-hydrogen) atoms. The summed E-state index contributed by atoms with van der Waals surface area (Å²) in [5.41, 5.74) is 0.0664. The van der Waals surface area contributed by atoms with Gasteiger partial charge in [0.1, 0.15) is 11.6 Å². The van der Waals surface area contributed by atoms with Gasteiger partial charge in [-0.2, -0.15) is 5.10 Å². The first-order chi connectivity index (χ1) is 10.3. The fraction of sp³-hybridized carbons (Fsp3) is 0.600. The molecule has 1 aliphatic heterocycles. The third kappa shape index (κ3) is 2.68. The SMILES string of the molecule is O=c1n(CC2CC2)nc2n1CCN(Cc1ccco1)CC2. The van der Waals surface area contributed by atoms with Crippen LogP contribution >= 0.6 is 0 Å². The van der Waals surface area contributed by atoms with Crippen LogP contribution in [0.3, 0.4) is 0 Å². The average Bonchev–Trinajstić information content (AvgIpc) is 3.11. The van der Waals surface area contributed by atoms with Gasteiger partial charge in [-0.3, -0.25) is 9.47 Å². The van der Waals surface area contributed by atoms with Crippen molar-refractivity contribution in [2.45, 2.75) is 38.9 Å². The van der Waals surface area contributed by atoms with E-state index in [1.807, 2.05) is 16.7 Å². The highest BCUT2D eigenvalue weighted by molar-refractivity contribution is 4.99. The monoisotopic (exact) mass is 288 g/mol. The summed E-state index contributed by atoms with van der Waals surface area (Å²) in [6.45, 7) is 4.10. The minimum atomic E-state index is 0.0664. The molecule has 1 fully saturated rings. The molecule has 2 aromatic heterocycles. The summed E-state index contributed by atoms with van der Waals surface area (Å²) >= 11 is 0. The molecule has 0 atom stereocenters. The maximum absolute atomic E-state index is 12.4. The van der Waals surface area contributed by atoms with Gasteiger partial charge < -0.3 is 4.42 Å². The Balaban J connectivity index is 1.47. The van der Waals surface area contributed by atoms with Crippen molar-refractivity contribution < 1.29 is 4.42 Å². The van der Waals surface area contributed by atoms with Crippen molar-refractivity contribution >= 4 is 0 Å². The quantitative estimate of drug-likeness (QED) is 0.845. The number of aromatic nitrogens is 3. The number of fused-ring (bicyclic) bond motifs is 1. The number of rotatable bonds is 4. The van der Waals surface area contributed by atoms with Gasteiger partial charge in [-0.25, -0.2) is 9.48 Å². The van der Waals surface area contributed by atoms with E-state index in [2.05, 4.69) is 10.00 Å². The van der Waals surface area contributed by atoms with E-state index in [9.17, 15) is 4.79 Å². The summed E-state index contributed by atoms with van der Waals surface area (Å²) in [4.78, 5) is 14.7. The Hall–Kier alpha value is -1.82. The Kier molecular flexibility index (Phi) is 3.18. The van der Waals surface area contributed by atoms with Crippen LogP contribution in [-0.4, -0.2) is 32.3 Å². The molecule has 112 valence electrons. The molecule has 0 radical (unpaired) electrons. The topological polar surface area (TPSA) is 56.2 Å². The Morgan fingerprint density at radius 2 is 2.19 bits per heavy atom. The van der Waals surface area contributed by atoms with Gasteiger partial charge in [-0.05, 0) is 30.9 Å². The van der Waals surface area contributed by atoms with Gasteiger partial charge >= 0.3 is 5.69 Å². The number of hydrogen-bond acceptors (Lipinski definition) is 4. The van der Waals surface area contributed by atoms with E-state index < -0.39 is 0 Å². The molecule has 1 saturated carbocycles. The minimum Gasteiger partial charge on any atom is -0.468 e. The molecular formula is C15H20N4O2. The lowest BCUT2D eigenvalue weighted by molar-refractivity contribution is 0.247. The molecule has 6 nitrogen and oxygen atoms in total. The summed E-state index contributed by atoms with van der Waals surface area (Å²) in [5, 5.41) is 4.54. The van der Waals surface area contributed by atoms with Crippen molar-refractivity contribution in [1.29, 1.82) is 0 Å². The lowest BCUT2D eigenvalue weighted by atomic mass is 10.3. The highest BCUT2D eigenvalue weighted by Crippen LogP contribution is 2.29. The zero-order chi connectivity index (χ0) is 14.2. The van der Waals surface area contributed by atoms with E-state index in [0.717, 1.165) is 50.7 Å². The third-order valence-corrected chi connectivity index (χ3v) is 4.38. The smallest absolute Gasteiger partial charge is 0.345 e. The summed E-state index contributed by atoms with van der Waals surface area (Å²) in [7, 11) is 0. The van der Waals surface area contributed by atoms with Crippen LogP contribution in [0.1, 0.15) is 24.4 Å². The maximum Gasteiger partial charge on any atom is 0.345 e. The highest BCUT2D eigenvalue weighted by Gasteiger charge is 2.25. The molecule has 0 unspecified atom stereocenters. The second-order valence-electron chi connectivity index (χ2n) is 6.08. The van der Waals surface area contributed by atoms with E-state index in [1.165, 1.54) is 12.8 Å². The minimum absolute atomic E-state index is 0.0664. The van der Waals surface area contributed by atoms with E-state index >= 15 is 0 Å². The van der Waals surface area contributed by atoms with E-state index in [-0.39, 0.29) is 5.69 Å². The molecule has 0 saturated heterocycles. The third-order valence-electron chi connectivity index (χ3n) is 4.38. The molecule has 2 aliphatic rings. The number of hydrogen-bond donors (Lipinski definition) is 0. The van der Waals surface area contributed by atoms with E-state index in [0.29, 0.717) is 5.92 Å². The molecule has 3 heterocycles. The van der Waals surface area contributed by atoms with Crippen LogP contribution in [0.15, 0.2) is 27.6 Å². The Morgan fingerprint density at radius 3 is 2.95 bits per heavy atom. The maximum atomic E-state index is 12.4. The zero-order valence-corrected chi connectivity index (χ0v) is 12.1. The molecule has 0 N–H and O–H groups in total. The van der Waals surface area contributed by atoms with E-state index in [1.54, 1.807) is 10.9 Å². The van der Waals surface area contributed by atoms with Crippen molar-refractivity contribution in [1.82, 2.24) is 19.2 Å². The molecule has 0 bridgehead atoms. The first kappa shape index (κ1) is 12.9. The fourth-order valence-corrected chi connectivity index (χ4v) is 2.95. The van der Waals surface area contributed by atoms with Crippen molar-refractivity contribution in [3.8, 4) is 0 Å². The first-order valence-corrected chi connectivity index (χ1v) is 7.71. The normalized spacial score (nSPS) is 19.4. The van der Waals surface area contributed by atoms with Crippen LogP contribution in [0.2, 0.25) is 0 Å². The predicted molar refractivity (Wildman–Crippen MR) is 76.9 cm³/mol. The van der Waals surface area contributed by atoms with Crippen molar-refractivity contribution in [3.63, 3.8) is 0 Å². The molecule has 0 spiro atoms. The van der Waals surface area contributed by atoms with Gasteiger partial charge in [0.05, 0.1) is 12.8 Å². The highest BCUT2D eigenvalue weighted by atomic mass is 16.3. The van der Waals surface area contributed by atoms with Crippen molar-refractivity contribution in [2.24, 2.45) is 5.92 Å². The Morgan fingerprint density at radius 1 is 1.29 bits per heavy atom. The Labute approximate surface area is 123 Å². The van der Waals surface area contributed by atoms with Gasteiger partial charge in [0, 0.05) is 32.6 Å². The van der Waals surface area contributed by atoms with Gasteiger partial charge in [0.2, 0.25) is 0 Å². The summed E-state index contributed by atoms with van der Waals surface area (Å²) < 4.78 is 8.93. The summed E-state index contributed by atoms with van der Waals surface area (Å²) in [6.07, 6.45) is 5.01. The molecule has 1 aliphatic carbocycles. The zero-order valence-electron chi connectivity index (χ0n) is 12.1. The summed E-state index contributed by atoms with van der Waals surface area (Å²) in [6, 6.07) is 3.90. The van der Waals surface area contributed by atoms with Crippen LogP contribution in [0.4, 0.5) is 0 Å². The predicted octanol–water partition coefficient (Wildman–Crippen LogP) is 1.11. The van der Waals surface area contributed by atoms with Gasteiger partial charge in [-0.15, -0.1) is 0 Å². The molecular weight excluding hydrogens is 268 g/mol. The second kappa shape index (κ2) is 5.18. The molecule has 6 heteroatoms. The number of furan rings is 1. The fourth-order valence-electron chi connectivity index (χ4n) is 2.95. The largest absolute Gasteiger partial charge is 0.468 e. The van der Waals surface area contributed by atoms with Crippen LogP contribution in [0.25, 0.3) is 0 Å². The standard InChI is InChI=1S/C15H20N4O2/c20-15-18-8-7-17(11-13-2-1-9-21-13)6-5-14(18)16-19(15)10-12-3-4-12/h1-2,9,12H,3-8,10-11H2. The lowest BCUT2D eigenvalue weighted by Gasteiger charge is -2.17. The van der Waals surface area contributed by atoms with Crippen LogP contribution in [0, 0.1) is 5.92 Å². The number of nitrogens with zero attached hydrogens (tertiary/aromatic N) is 4. The first-order valence-electron chi connectivity index (χ1n) is 7.71. The van der Waals surface area contributed by atoms with E-state index in [4.69, 9.17) is 4.42 Å². The van der Waals surface area contributed by atoms with Gasteiger partial charge in [0.25, 0.3) is 0 Å². The molecule has 4 rings (SSSR count). The molecule has 2 aromatic rings. The summed E-state index contributed by atoms with van der Waals surface area (Å²) in [5.74, 6) is 2.58.